The lowest BCUT2D eigenvalue weighted by molar-refractivity contribution is 0.197. The van der Waals surface area contributed by atoms with E-state index in [2.05, 4.69) is 43.0 Å². The molecule has 1 N–H and O–H groups in total. The van der Waals surface area contributed by atoms with E-state index in [1.165, 1.54) is 5.69 Å². The second kappa shape index (κ2) is 7.29. The number of nitrogens with one attached hydrogen (secondary N) is 1. The van der Waals surface area contributed by atoms with Gasteiger partial charge >= 0.3 is 5.69 Å². The Morgan fingerprint density at radius 2 is 2.04 bits per heavy atom. The maximum Gasteiger partial charge on any atom is 0.343 e. The van der Waals surface area contributed by atoms with E-state index in [0.29, 0.717) is 12.5 Å². The van der Waals surface area contributed by atoms with Crippen LogP contribution in [0.5, 0.6) is 0 Å². The van der Waals surface area contributed by atoms with Gasteiger partial charge in [0, 0.05) is 37.1 Å². The molecule has 0 aromatic carbocycles. The van der Waals surface area contributed by atoms with E-state index in [9.17, 15) is 4.79 Å². The molecule has 0 unspecified atom stereocenters. The average molecular weight is 352 g/mol. The first-order valence-corrected chi connectivity index (χ1v) is 9.21. The van der Waals surface area contributed by atoms with E-state index in [4.69, 9.17) is 0 Å². The van der Waals surface area contributed by atoms with Crippen molar-refractivity contribution in [3.05, 3.63) is 64.7 Å². The number of hydrogen-bond donors (Lipinski definition) is 1. The molecule has 7 heteroatoms. The van der Waals surface area contributed by atoms with Gasteiger partial charge in [-0.15, -0.1) is 0 Å². The van der Waals surface area contributed by atoms with Crippen molar-refractivity contribution in [1.29, 1.82) is 0 Å². The second-order valence-electron chi connectivity index (χ2n) is 6.74. The molecule has 0 bridgehead atoms. The van der Waals surface area contributed by atoms with Gasteiger partial charge in [-0.3, -0.25) is 9.47 Å². The summed E-state index contributed by atoms with van der Waals surface area (Å²) >= 11 is 0. The molecule has 136 valence electrons. The van der Waals surface area contributed by atoms with Gasteiger partial charge in [-0.1, -0.05) is 6.07 Å². The molecule has 0 radical (unpaired) electrons. The monoisotopic (exact) mass is 352 g/mol. The van der Waals surface area contributed by atoms with Crippen molar-refractivity contribution in [3.63, 3.8) is 0 Å². The Hall–Kier alpha value is -2.67. The van der Waals surface area contributed by atoms with Gasteiger partial charge in [-0.2, -0.15) is 5.10 Å². The summed E-state index contributed by atoms with van der Waals surface area (Å²) in [6, 6.07) is 10.2. The van der Waals surface area contributed by atoms with Crippen LogP contribution in [0.4, 0.5) is 0 Å². The predicted molar refractivity (Wildman–Crippen MR) is 99.3 cm³/mol. The van der Waals surface area contributed by atoms with Crippen molar-refractivity contribution in [2.24, 2.45) is 0 Å². The SMILES string of the molecule is CCn1c(C2CCN(Cc3cccn3-c3ccccn3)CC2)n[nH]c1=O. The molecule has 1 aliphatic heterocycles. The molecule has 0 aliphatic carbocycles. The van der Waals surface area contributed by atoms with Crippen molar-refractivity contribution >= 4 is 0 Å². The first-order chi connectivity index (χ1) is 12.8. The number of nitrogens with zero attached hydrogens (tertiary/aromatic N) is 5. The molecule has 0 saturated carbocycles. The summed E-state index contributed by atoms with van der Waals surface area (Å²) in [5.74, 6) is 2.22. The molecular weight excluding hydrogens is 328 g/mol. The number of aromatic amines is 1. The first-order valence-electron chi connectivity index (χ1n) is 9.21. The highest BCUT2D eigenvalue weighted by atomic mass is 16.1. The zero-order valence-corrected chi connectivity index (χ0v) is 15.0. The molecule has 1 aliphatic rings. The van der Waals surface area contributed by atoms with Crippen LogP contribution >= 0.6 is 0 Å². The Morgan fingerprint density at radius 3 is 2.77 bits per heavy atom. The smallest absolute Gasteiger partial charge is 0.304 e. The topological polar surface area (TPSA) is 71.7 Å². The van der Waals surface area contributed by atoms with Crippen molar-refractivity contribution in [2.45, 2.75) is 38.8 Å². The Balaban J connectivity index is 1.42. The lowest BCUT2D eigenvalue weighted by Crippen LogP contribution is -2.34. The van der Waals surface area contributed by atoms with E-state index >= 15 is 0 Å². The van der Waals surface area contributed by atoms with Crippen LogP contribution in [-0.4, -0.2) is 42.3 Å². The van der Waals surface area contributed by atoms with Gasteiger partial charge in [0.25, 0.3) is 0 Å². The minimum atomic E-state index is -0.0990. The summed E-state index contributed by atoms with van der Waals surface area (Å²) in [6.45, 7) is 5.56. The highest BCUT2D eigenvalue weighted by molar-refractivity contribution is 5.27. The Bertz CT molecular complexity index is 902. The largest absolute Gasteiger partial charge is 0.343 e. The van der Waals surface area contributed by atoms with E-state index < -0.39 is 0 Å². The predicted octanol–water partition coefficient (Wildman–Crippen LogP) is 2.16. The number of likely N-dealkylation sites (tertiary alicyclic amines) is 1. The quantitative estimate of drug-likeness (QED) is 0.764. The summed E-state index contributed by atoms with van der Waals surface area (Å²) in [5.41, 5.74) is 1.14. The van der Waals surface area contributed by atoms with Crippen LogP contribution in [0.2, 0.25) is 0 Å². The van der Waals surface area contributed by atoms with Crippen LogP contribution in [-0.2, 0) is 13.1 Å². The van der Waals surface area contributed by atoms with Crippen LogP contribution in [0.25, 0.3) is 5.82 Å². The standard InChI is InChI=1S/C19H24N6O/c1-2-24-18(21-22-19(24)26)15-8-12-23(13-9-15)14-16-6-5-11-25(16)17-7-3-4-10-20-17/h3-7,10-11,15H,2,8-9,12-14H2,1H3,(H,22,26). The van der Waals surface area contributed by atoms with Crippen LogP contribution < -0.4 is 5.69 Å². The van der Waals surface area contributed by atoms with Gasteiger partial charge in [0.1, 0.15) is 11.6 Å². The van der Waals surface area contributed by atoms with Crippen LogP contribution in [0.3, 0.4) is 0 Å². The number of piperidine rings is 1. The van der Waals surface area contributed by atoms with Crippen LogP contribution in [0, 0.1) is 0 Å². The summed E-state index contributed by atoms with van der Waals surface area (Å²) in [5, 5.41) is 6.85. The van der Waals surface area contributed by atoms with Gasteiger partial charge in [-0.05, 0) is 57.1 Å². The molecule has 0 atom stereocenters. The Labute approximate surface area is 152 Å². The van der Waals surface area contributed by atoms with E-state index in [1.54, 1.807) is 4.57 Å². The summed E-state index contributed by atoms with van der Waals surface area (Å²) in [6.07, 6.45) is 5.93. The Morgan fingerprint density at radius 1 is 1.19 bits per heavy atom. The number of aromatic nitrogens is 5. The molecule has 7 nitrogen and oxygen atoms in total. The number of pyridine rings is 1. The zero-order valence-electron chi connectivity index (χ0n) is 15.0. The van der Waals surface area contributed by atoms with E-state index in [-0.39, 0.29) is 5.69 Å². The fraction of sp³-hybridized carbons (Fsp3) is 0.421. The molecular formula is C19H24N6O. The first kappa shape index (κ1) is 16.8. The maximum absolute atomic E-state index is 11.8. The van der Waals surface area contributed by atoms with Crippen molar-refractivity contribution in [3.8, 4) is 5.82 Å². The zero-order chi connectivity index (χ0) is 17.9. The molecule has 26 heavy (non-hydrogen) atoms. The molecule has 1 fully saturated rings. The van der Waals surface area contributed by atoms with Gasteiger partial charge in [0.05, 0.1) is 0 Å². The van der Waals surface area contributed by atoms with Gasteiger partial charge < -0.3 is 4.57 Å². The van der Waals surface area contributed by atoms with E-state index in [0.717, 1.165) is 44.1 Å². The summed E-state index contributed by atoms with van der Waals surface area (Å²) in [4.78, 5) is 18.7. The van der Waals surface area contributed by atoms with Gasteiger partial charge in [-0.25, -0.2) is 14.9 Å². The average Bonchev–Trinajstić information content (AvgIpc) is 3.29. The lowest BCUT2D eigenvalue weighted by atomic mass is 9.96. The molecule has 4 rings (SSSR count). The lowest BCUT2D eigenvalue weighted by Gasteiger charge is -2.31. The molecule has 3 aromatic heterocycles. The minimum absolute atomic E-state index is 0.0990. The third kappa shape index (κ3) is 3.22. The molecule has 3 aromatic rings. The van der Waals surface area contributed by atoms with Crippen LogP contribution in [0.1, 0.15) is 37.2 Å². The number of hydrogen-bond acceptors (Lipinski definition) is 4. The normalized spacial score (nSPS) is 16.2. The Kier molecular flexibility index (Phi) is 4.71. The summed E-state index contributed by atoms with van der Waals surface area (Å²) < 4.78 is 3.90. The maximum atomic E-state index is 11.8. The van der Waals surface area contributed by atoms with Crippen LogP contribution in [0.15, 0.2) is 47.5 Å². The fourth-order valence-corrected chi connectivity index (χ4v) is 3.79. The molecule has 0 spiro atoms. The van der Waals surface area contributed by atoms with Gasteiger partial charge in [0.2, 0.25) is 0 Å². The van der Waals surface area contributed by atoms with Crippen molar-refractivity contribution < 1.29 is 0 Å². The second-order valence-corrected chi connectivity index (χ2v) is 6.74. The van der Waals surface area contributed by atoms with Crippen molar-refractivity contribution in [1.82, 2.24) is 29.2 Å². The highest BCUT2D eigenvalue weighted by Gasteiger charge is 2.25. The fourth-order valence-electron chi connectivity index (χ4n) is 3.79. The third-order valence-electron chi connectivity index (χ3n) is 5.17. The molecule has 4 heterocycles. The van der Waals surface area contributed by atoms with Gasteiger partial charge in [0.15, 0.2) is 0 Å². The van der Waals surface area contributed by atoms with E-state index in [1.807, 2.05) is 31.3 Å². The molecule has 1 saturated heterocycles. The minimum Gasteiger partial charge on any atom is -0.304 e. The number of rotatable bonds is 5. The number of H-pyrrole nitrogens is 1. The highest BCUT2D eigenvalue weighted by Crippen LogP contribution is 2.27. The third-order valence-corrected chi connectivity index (χ3v) is 5.17. The summed E-state index contributed by atoms with van der Waals surface area (Å²) in [7, 11) is 0. The molecule has 0 amide bonds. The van der Waals surface area contributed by atoms with Crippen molar-refractivity contribution in [2.75, 3.05) is 13.1 Å².